The predicted octanol–water partition coefficient (Wildman–Crippen LogP) is 3.16. The number of ether oxygens (including phenoxy) is 4. The number of hydrogen-bond donors (Lipinski definition) is 2. The van der Waals surface area contributed by atoms with Crippen LogP contribution in [-0.2, 0) is 35.6 Å². The highest BCUT2D eigenvalue weighted by Crippen LogP contribution is 2.43. The third-order valence-electron chi connectivity index (χ3n) is 7.11. The van der Waals surface area contributed by atoms with Crippen molar-refractivity contribution < 1.29 is 37.0 Å². The van der Waals surface area contributed by atoms with Crippen molar-refractivity contribution in [3.63, 3.8) is 0 Å². The number of amides is 2. The number of hydrogen-bond acceptors (Lipinski definition) is 8. The lowest BCUT2D eigenvalue weighted by molar-refractivity contribution is -0.153. The lowest BCUT2D eigenvalue weighted by Crippen LogP contribution is -2.55. The monoisotopic (exact) mass is 546 g/mol. The van der Waals surface area contributed by atoms with Crippen LogP contribution in [0.15, 0.2) is 59.5 Å². The lowest BCUT2D eigenvalue weighted by atomic mass is 9.72. The topological polar surface area (TPSA) is 129 Å². The first-order chi connectivity index (χ1) is 18.2. The largest absolute Gasteiger partial charge is 0.497 e. The standard InChI is InChI=1S/C27H34N2O8S/c1-19(36-17-27-14-12-22(13-15-27)37-18-27)24(28-26(31)35-16-20-6-4-3-5-7-20)25(30)29-38(32,33)23-10-8-21(34-2)9-11-23/h3-11,19,22,24H,12-18H2,1-2H3,(H,28,31)(H,29,30)/t19-,22?,24-,27?/m1/s1. The van der Waals surface area contributed by atoms with Gasteiger partial charge in [0.2, 0.25) is 0 Å². The second-order valence-corrected chi connectivity index (χ2v) is 11.5. The fourth-order valence-electron chi connectivity index (χ4n) is 4.70. The molecule has 2 amide bonds. The average molecular weight is 547 g/mol. The van der Waals surface area contributed by atoms with E-state index in [1.54, 1.807) is 19.1 Å². The van der Waals surface area contributed by atoms with Crippen LogP contribution in [-0.4, -0.2) is 59.0 Å². The maximum absolute atomic E-state index is 13.2. The number of nitrogens with one attached hydrogen (secondary N) is 2. The fourth-order valence-corrected chi connectivity index (χ4v) is 5.70. The van der Waals surface area contributed by atoms with E-state index in [2.05, 4.69) is 10.0 Å². The van der Waals surface area contributed by atoms with Gasteiger partial charge in [0.15, 0.2) is 0 Å². The summed E-state index contributed by atoms with van der Waals surface area (Å²) in [6, 6.07) is 13.3. The quantitative estimate of drug-likeness (QED) is 0.440. The number of alkyl carbamates (subject to hydrolysis) is 1. The van der Waals surface area contributed by atoms with Gasteiger partial charge >= 0.3 is 6.09 Å². The molecule has 206 valence electrons. The van der Waals surface area contributed by atoms with E-state index in [0.29, 0.717) is 25.1 Å². The van der Waals surface area contributed by atoms with Gasteiger partial charge in [-0.05, 0) is 62.4 Å². The normalized spacial score (nSPS) is 22.2. The number of carbonyl (C=O) groups is 2. The van der Waals surface area contributed by atoms with Crippen molar-refractivity contribution in [3.8, 4) is 5.75 Å². The van der Waals surface area contributed by atoms with Crippen LogP contribution < -0.4 is 14.8 Å². The Bertz CT molecular complexity index is 1180. The third-order valence-corrected chi connectivity index (χ3v) is 8.48. The van der Waals surface area contributed by atoms with Gasteiger partial charge in [0.25, 0.3) is 15.9 Å². The molecule has 3 aliphatic rings. The Balaban J connectivity index is 1.44. The Morgan fingerprint density at radius 3 is 2.37 bits per heavy atom. The van der Waals surface area contributed by atoms with Crippen molar-refractivity contribution in [3.05, 3.63) is 60.2 Å². The highest BCUT2D eigenvalue weighted by atomic mass is 32.2. The van der Waals surface area contributed by atoms with E-state index in [0.717, 1.165) is 31.2 Å². The van der Waals surface area contributed by atoms with E-state index < -0.39 is 34.2 Å². The summed E-state index contributed by atoms with van der Waals surface area (Å²) >= 11 is 0. The molecule has 2 saturated heterocycles. The first kappa shape index (κ1) is 27.9. The summed E-state index contributed by atoms with van der Waals surface area (Å²) in [5.41, 5.74) is 0.620. The molecule has 0 spiro atoms. The molecule has 38 heavy (non-hydrogen) atoms. The van der Waals surface area contributed by atoms with Crippen LogP contribution >= 0.6 is 0 Å². The zero-order chi connectivity index (χ0) is 27.2. The molecule has 2 aromatic carbocycles. The molecular formula is C27H34N2O8S. The lowest BCUT2D eigenvalue weighted by Gasteiger charge is -2.46. The Hall–Kier alpha value is -3.15. The van der Waals surface area contributed by atoms with Gasteiger partial charge in [0, 0.05) is 5.41 Å². The van der Waals surface area contributed by atoms with Gasteiger partial charge < -0.3 is 24.3 Å². The maximum Gasteiger partial charge on any atom is 0.408 e. The molecule has 2 N–H and O–H groups in total. The van der Waals surface area contributed by atoms with Gasteiger partial charge in [-0.2, -0.15) is 0 Å². The van der Waals surface area contributed by atoms with Gasteiger partial charge in [-0.3, -0.25) is 4.79 Å². The number of carbonyl (C=O) groups excluding carboxylic acids is 2. The zero-order valence-corrected chi connectivity index (χ0v) is 22.4. The van der Waals surface area contributed by atoms with Crippen molar-refractivity contribution in [2.75, 3.05) is 20.3 Å². The Kier molecular flexibility index (Phi) is 8.91. The minimum absolute atomic E-state index is 0.0119. The molecule has 5 rings (SSSR count). The van der Waals surface area contributed by atoms with Crippen LogP contribution in [0.1, 0.15) is 38.2 Å². The van der Waals surface area contributed by atoms with Crippen LogP contribution in [0.25, 0.3) is 0 Å². The number of rotatable bonds is 11. The Morgan fingerprint density at radius 1 is 1.08 bits per heavy atom. The van der Waals surface area contributed by atoms with E-state index in [1.807, 2.05) is 18.2 Å². The summed E-state index contributed by atoms with van der Waals surface area (Å²) in [6.45, 7) is 2.52. The van der Waals surface area contributed by atoms with Crippen LogP contribution in [0.5, 0.6) is 5.75 Å². The van der Waals surface area contributed by atoms with E-state index in [-0.39, 0.29) is 16.9 Å². The molecule has 2 atom stereocenters. The summed E-state index contributed by atoms with van der Waals surface area (Å²) < 4.78 is 50.1. The molecule has 2 aliphatic heterocycles. The summed E-state index contributed by atoms with van der Waals surface area (Å²) in [5, 5.41) is 2.49. The second kappa shape index (κ2) is 12.1. The highest BCUT2D eigenvalue weighted by molar-refractivity contribution is 7.90. The number of methoxy groups -OCH3 is 1. The number of sulfonamides is 1. The SMILES string of the molecule is COc1ccc(S(=O)(=O)NC(=O)[C@H](NC(=O)OCc2ccccc2)[C@@H](C)OCC23CCC(CC2)OC3)cc1. The van der Waals surface area contributed by atoms with Crippen molar-refractivity contribution >= 4 is 22.0 Å². The van der Waals surface area contributed by atoms with Crippen molar-refractivity contribution in [1.82, 2.24) is 10.0 Å². The third kappa shape index (κ3) is 7.03. The molecule has 0 unspecified atom stereocenters. The van der Waals surface area contributed by atoms with Crippen molar-refractivity contribution in [1.29, 1.82) is 0 Å². The zero-order valence-electron chi connectivity index (χ0n) is 21.6. The van der Waals surface area contributed by atoms with Gasteiger partial charge in [0.05, 0.1) is 37.4 Å². The average Bonchev–Trinajstić information content (AvgIpc) is 2.95. The molecule has 2 bridgehead atoms. The van der Waals surface area contributed by atoms with Crippen molar-refractivity contribution in [2.24, 2.45) is 5.41 Å². The molecular weight excluding hydrogens is 512 g/mol. The van der Waals surface area contributed by atoms with E-state index in [4.69, 9.17) is 18.9 Å². The second-order valence-electron chi connectivity index (χ2n) is 9.86. The molecule has 11 heteroatoms. The molecule has 10 nitrogen and oxygen atoms in total. The minimum atomic E-state index is -4.22. The van der Waals surface area contributed by atoms with Crippen LogP contribution in [0.4, 0.5) is 4.79 Å². The van der Waals surface area contributed by atoms with Crippen molar-refractivity contribution in [2.45, 2.75) is 62.4 Å². The van der Waals surface area contributed by atoms with Gasteiger partial charge in [0.1, 0.15) is 18.4 Å². The van der Waals surface area contributed by atoms with Crippen LogP contribution in [0, 0.1) is 5.41 Å². The summed E-state index contributed by atoms with van der Waals surface area (Å²) in [5.74, 6) is -0.468. The molecule has 1 saturated carbocycles. The first-order valence-corrected chi connectivity index (χ1v) is 14.1. The van der Waals surface area contributed by atoms with Gasteiger partial charge in [-0.25, -0.2) is 17.9 Å². The minimum Gasteiger partial charge on any atom is -0.497 e. The van der Waals surface area contributed by atoms with Crippen LogP contribution in [0.2, 0.25) is 0 Å². The van der Waals surface area contributed by atoms with Crippen LogP contribution in [0.3, 0.4) is 0 Å². The fraction of sp³-hybridized carbons (Fsp3) is 0.481. The van der Waals surface area contributed by atoms with Gasteiger partial charge in [-0.1, -0.05) is 30.3 Å². The summed E-state index contributed by atoms with van der Waals surface area (Å²) in [7, 11) is -2.76. The van der Waals surface area contributed by atoms with E-state index >= 15 is 0 Å². The summed E-state index contributed by atoms with van der Waals surface area (Å²) in [4.78, 5) is 25.7. The maximum atomic E-state index is 13.2. The Labute approximate surface area is 223 Å². The first-order valence-electron chi connectivity index (χ1n) is 12.6. The van der Waals surface area contributed by atoms with Gasteiger partial charge in [-0.15, -0.1) is 0 Å². The molecule has 0 radical (unpaired) electrons. The van der Waals surface area contributed by atoms with E-state index in [1.165, 1.54) is 31.4 Å². The molecule has 2 aromatic rings. The predicted molar refractivity (Wildman–Crippen MR) is 138 cm³/mol. The van der Waals surface area contributed by atoms with E-state index in [9.17, 15) is 18.0 Å². The summed E-state index contributed by atoms with van der Waals surface area (Å²) in [6.07, 6.45) is 2.43. The Morgan fingerprint density at radius 2 is 1.76 bits per heavy atom. The molecule has 3 fully saturated rings. The molecule has 1 aliphatic carbocycles. The number of fused-ring (bicyclic) bond motifs is 3. The number of benzene rings is 2. The highest BCUT2D eigenvalue weighted by Gasteiger charge is 2.42. The smallest absolute Gasteiger partial charge is 0.408 e. The molecule has 2 heterocycles. The molecule has 0 aromatic heterocycles.